The summed E-state index contributed by atoms with van der Waals surface area (Å²) in [5, 5.41) is 14.8. The lowest BCUT2D eigenvalue weighted by molar-refractivity contribution is -0.384. The number of benzene rings is 2. The Hall–Kier alpha value is -3.30. The molecule has 0 spiro atoms. The molecule has 1 saturated heterocycles. The molecule has 0 radical (unpaired) electrons. The van der Waals surface area contributed by atoms with E-state index in [1.807, 2.05) is 12.1 Å². The Kier molecular flexibility index (Phi) is 6.53. The van der Waals surface area contributed by atoms with E-state index in [-0.39, 0.29) is 28.5 Å². The summed E-state index contributed by atoms with van der Waals surface area (Å²) in [5.41, 5.74) is 8.11. The van der Waals surface area contributed by atoms with Crippen molar-refractivity contribution in [2.75, 3.05) is 18.0 Å². The Labute approximate surface area is 203 Å². The van der Waals surface area contributed by atoms with Gasteiger partial charge in [0.05, 0.1) is 11.1 Å². The fraction of sp³-hybridized carbons (Fsp3) is 0.423. The summed E-state index contributed by atoms with van der Waals surface area (Å²) in [6.07, 6.45) is 7.50. The Morgan fingerprint density at radius 3 is 2.63 bits per heavy atom. The number of rotatable bonds is 6. The van der Waals surface area contributed by atoms with Gasteiger partial charge < -0.3 is 20.4 Å². The largest absolute Gasteiger partial charge is 0.439 e. The average Bonchev–Trinajstić information content (AvgIpc) is 3.37. The molecule has 1 saturated carbocycles. The van der Waals surface area contributed by atoms with Crippen LogP contribution in [0.3, 0.4) is 0 Å². The third-order valence-electron chi connectivity index (χ3n) is 7.27. The molecule has 35 heavy (non-hydrogen) atoms. The standard InChI is InChI=1S/C26H30FN5O3/c27-19-8-6-18(7-9-19)23-16-29-25(35-23)26(28)14-2-1-5-24(26)30-20-4-3-15-31(17-20)21-10-12-22(13-11-21)32(33)34/h6-13,16,20,24,30H,1-5,14-15,17,28H2. The van der Waals surface area contributed by atoms with Gasteiger partial charge in [0.15, 0.2) is 5.76 Å². The van der Waals surface area contributed by atoms with Gasteiger partial charge in [0.25, 0.3) is 5.69 Å². The van der Waals surface area contributed by atoms with Crippen LogP contribution in [0.5, 0.6) is 0 Å². The molecule has 3 unspecified atom stereocenters. The minimum Gasteiger partial charge on any atom is -0.439 e. The summed E-state index contributed by atoms with van der Waals surface area (Å²) < 4.78 is 19.4. The Morgan fingerprint density at radius 2 is 1.89 bits per heavy atom. The molecule has 1 aliphatic heterocycles. The van der Waals surface area contributed by atoms with Crippen LogP contribution in [0, 0.1) is 15.9 Å². The lowest BCUT2D eigenvalue weighted by atomic mass is 9.77. The van der Waals surface area contributed by atoms with E-state index >= 15 is 0 Å². The van der Waals surface area contributed by atoms with Gasteiger partial charge in [-0.3, -0.25) is 10.1 Å². The minimum atomic E-state index is -0.730. The molecule has 0 bridgehead atoms. The normalized spacial score (nSPS) is 24.9. The summed E-state index contributed by atoms with van der Waals surface area (Å²) in [5.74, 6) is 0.795. The summed E-state index contributed by atoms with van der Waals surface area (Å²) in [6, 6.07) is 13.1. The van der Waals surface area contributed by atoms with Crippen LogP contribution in [0.1, 0.15) is 44.4 Å². The third kappa shape index (κ3) is 4.92. The second-order valence-corrected chi connectivity index (χ2v) is 9.60. The topological polar surface area (TPSA) is 110 Å². The van der Waals surface area contributed by atoms with Gasteiger partial charge in [-0.05, 0) is 62.1 Å². The third-order valence-corrected chi connectivity index (χ3v) is 7.27. The average molecular weight is 480 g/mol. The highest BCUT2D eigenvalue weighted by Crippen LogP contribution is 2.37. The number of nitrogens with one attached hydrogen (secondary N) is 1. The van der Waals surface area contributed by atoms with Crippen LogP contribution in [0.25, 0.3) is 11.3 Å². The number of oxazole rings is 1. The second kappa shape index (κ2) is 9.75. The van der Waals surface area contributed by atoms with Crippen LogP contribution in [0.4, 0.5) is 15.8 Å². The van der Waals surface area contributed by atoms with E-state index in [0.717, 1.165) is 62.9 Å². The second-order valence-electron chi connectivity index (χ2n) is 9.60. The van der Waals surface area contributed by atoms with Crippen molar-refractivity contribution in [1.29, 1.82) is 0 Å². The highest BCUT2D eigenvalue weighted by molar-refractivity contribution is 5.56. The highest BCUT2D eigenvalue weighted by atomic mass is 19.1. The zero-order chi connectivity index (χ0) is 24.4. The SMILES string of the molecule is NC1(c2ncc(-c3ccc(F)cc3)o2)CCCCC1NC1CCCN(c2ccc([N+](=O)[O-])cc2)C1. The van der Waals surface area contributed by atoms with E-state index in [2.05, 4.69) is 15.2 Å². The monoisotopic (exact) mass is 479 g/mol. The molecule has 3 aromatic rings. The van der Waals surface area contributed by atoms with Crippen molar-refractivity contribution >= 4 is 11.4 Å². The molecule has 2 aromatic carbocycles. The molecule has 3 N–H and O–H groups in total. The number of hydrogen-bond donors (Lipinski definition) is 2. The molecule has 1 aromatic heterocycles. The van der Waals surface area contributed by atoms with Crippen LogP contribution < -0.4 is 16.0 Å². The minimum absolute atomic E-state index is 0.0118. The number of anilines is 1. The van der Waals surface area contributed by atoms with Gasteiger partial charge in [0.2, 0.25) is 5.89 Å². The van der Waals surface area contributed by atoms with E-state index in [4.69, 9.17) is 10.2 Å². The van der Waals surface area contributed by atoms with E-state index < -0.39 is 5.54 Å². The van der Waals surface area contributed by atoms with E-state index in [0.29, 0.717) is 11.7 Å². The van der Waals surface area contributed by atoms with E-state index in [1.165, 1.54) is 12.1 Å². The highest BCUT2D eigenvalue weighted by Gasteiger charge is 2.44. The van der Waals surface area contributed by atoms with E-state index in [9.17, 15) is 14.5 Å². The van der Waals surface area contributed by atoms with Crippen LogP contribution >= 0.6 is 0 Å². The predicted molar refractivity (Wildman–Crippen MR) is 131 cm³/mol. The molecule has 2 fully saturated rings. The number of nitro groups is 1. The first-order valence-corrected chi connectivity index (χ1v) is 12.2. The smallest absolute Gasteiger partial charge is 0.269 e. The van der Waals surface area contributed by atoms with Crippen molar-refractivity contribution in [3.05, 3.63) is 76.6 Å². The van der Waals surface area contributed by atoms with Gasteiger partial charge in [-0.2, -0.15) is 0 Å². The van der Waals surface area contributed by atoms with Gasteiger partial charge in [-0.1, -0.05) is 12.8 Å². The molecule has 9 heteroatoms. The first-order valence-electron chi connectivity index (χ1n) is 12.2. The van der Waals surface area contributed by atoms with Crippen molar-refractivity contribution in [2.45, 2.75) is 56.1 Å². The van der Waals surface area contributed by atoms with E-state index in [1.54, 1.807) is 30.5 Å². The number of hydrogen-bond acceptors (Lipinski definition) is 7. The maximum absolute atomic E-state index is 13.3. The van der Waals surface area contributed by atoms with Crippen molar-refractivity contribution < 1.29 is 13.7 Å². The van der Waals surface area contributed by atoms with Gasteiger partial charge in [0.1, 0.15) is 11.4 Å². The number of aromatic nitrogens is 1. The molecular formula is C26H30FN5O3. The van der Waals surface area contributed by atoms with Crippen LogP contribution in [-0.2, 0) is 5.54 Å². The quantitative estimate of drug-likeness (QED) is 0.388. The number of nitrogens with zero attached hydrogens (tertiary/aromatic N) is 3. The zero-order valence-electron chi connectivity index (χ0n) is 19.5. The van der Waals surface area contributed by atoms with Crippen molar-refractivity contribution in [3.8, 4) is 11.3 Å². The van der Waals surface area contributed by atoms with Crippen LogP contribution in [0.2, 0.25) is 0 Å². The molecule has 2 aliphatic rings. The molecule has 3 atom stereocenters. The molecule has 1 aliphatic carbocycles. The summed E-state index contributed by atoms with van der Waals surface area (Å²) in [7, 11) is 0. The first-order chi connectivity index (χ1) is 16.9. The molecule has 0 amide bonds. The van der Waals surface area contributed by atoms with Gasteiger partial charge in [0, 0.05) is 48.6 Å². The molecule has 184 valence electrons. The molecule has 5 rings (SSSR count). The van der Waals surface area contributed by atoms with Crippen molar-refractivity contribution in [3.63, 3.8) is 0 Å². The predicted octanol–water partition coefficient (Wildman–Crippen LogP) is 4.74. The Bertz CT molecular complexity index is 1170. The lowest BCUT2D eigenvalue weighted by Gasteiger charge is -2.43. The van der Waals surface area contributed by atoms with Crippen LogP contribution in [0.15, 0.2) is 59.1 Å². The summed E-state index contributed by atoms with van der Waals surface area (Å²) in [4.78, 5) is 17.4. The molecular weight excluding hydrogens is 449 g/mol. The first kappa shape index (κ1) is 23.4. The number of nitrogens with two attached hydrogens (primary N) is 1. The van der Waals surface area contributed by atoms with Gasteiger partial charge in [-0.15, -0.1) is 0 Å². The summed E-state index contributed by atoms with van der Waals surface area (Å²) >= 11 is 0. The van der Waals surface area contributed by atoms with Crippen molar-refractivity contribution in [2.24, 2.45) is 5.73 Å². The molecule has 2 heterocycles. The van der Waals surface area contributed by atoms with Gasteiger partial charge >= 0.3 is 0 Å². The number of non-ortho nitro benzene ring substituents is 1. The number of halogens is 1. The van der Waals surface area contributed by atoms with Crippen LogP contribution in [-0.4, -0.2) is 35.1 Å². The maximum atomic E-state index is 13.3. The number of piperidine rings is 1. The zero-order valence-corrected chi connectivity index (χ0v) is 19.5. The number of nitro benzene ring substituents is 1. The maximum Gasteiger partial charge on any atom is 0.269 e. The molecule has 8 nitrogen and oxygen atoms in total. The Balaban J connectivity index is 1.30. The fourth-order valence-corrected chi connectivity index (χ4v) is 5.34. The Morgan fingerprint density at radius 1 is 1.11 bits per heavy atom. The summed E-state index contributed by atoms with van der Waals surface area (Å²) in [6.45, 7) is 1.71. The lowest BCUT2D eigenvalue weighted by Crippen LogP contribution is -2.61. The fourth-order valence-electron chi connectivity index (χ4n) is 5.34. The van der Waals surface area contributed by atoms with Gasteiger partial charge in [-0.25, -0.2) is 9.37 Å². The van der Waals surface area contributed by atoms with Crippen molar-refractivity contribution in [1.82, 2.24) is 10.3 Å².